The number of anilines is 1. The maximum Gasteiger partial charge on any atom is 0.341 e. The Morgan fingerprint density at radius 2 is 2.19 bits per heavy atom. The minimum absolute atomic E-state index is 0.130. The van der Waals surface area contributed by atoms with Crippen LogP contribution in [0.3, 0.4) is 0 Å². The molecule has 1 aromatic rings. The molecule has 1 heterocycles. The van der Waals surface area contributed by atoms with E-state index in [0.717, 1.165) is 18.4 Å². The first-order valence-electron chi connectivity index (χ1n) is 7.41. The number of nitrogens with two attached hydrogens (primary N) is 1. The molecule has 21 heavy (non-hydrogen) atoms. The number of ether oxygens (including phenoxy) is 1. The van der Waals surface area contributed by atoms with Gasteiger partial charge in [0, 0.05) is 6.54 Å². The molecule has 0 radical (unpaired) electrons. The Kier molecular flexibility index (Phi) is 5.36. The number of carbonyl (C=O) groups excluding carboxylic acids is 2. The van der Waals surface area contributed by atoms with E-state index in [9.17, 15) is 9.59 Å². The minimum atomic E-state index is -0.350. The van der Waals surface area contributed by atoms with E-state index in [2.05, 4.69) is 5.32 Å². The van der Waals surface area contributed by atoms with Crippen molar-refractivity contribution in [1.82, 2.24) is 0 Å². The van der Waals surface area contributed by atoms with E-state index in [0.29, 0.717) is 36.1 Å². The third-order valence-electron chi connectivity index (χ3n) is 3.70. The normalized spacial score (nSPS) is 15.6. The van der Waals surface area contributed by atoms with Crippen molar-refractivity contribution in [2.24, 2.45) is 11.7 Å². The molecular formula is C15H22N2O3S. The van der Waals surface area contributed by atoms with Gasteiger partial charge in [0.15, 0.2) is 0 Å². The van der Waals surface area contributed by atoms with Crippen LogP contribution >= 0.6 is 11.3 Å². The van der Waals surface area contributed by atoms with Crippen LogP contribution in [-0.2, 0) is 9.53 Å². The highest BCUT2D eigenvalue weighted by molar-refractivity contribution is 7.15. The fourth-order valence-electron chi connectivity index (χ4n) is 2.24. The molecule has 1 amide bonds. The fourth-order valence-corrected chi connectivity index (χ4v) is 3.28. The van der Waals surface area contributed by atoms with Crippen molar-refractivity contribution < 1.29 is 14.3 Å². The van der Waals surface area contributed by atoms with E-state index in [4.69, 9.17) is 10.5 Å². The summed E-state index contributed by atoms with van der Waals surface area (Å²) in [5.41, 5.74) is 7.14. The highest BCUT2D eigenvalue weighted by Gasteiger charge is 2.32. The first kappa shape index (κ1) is 16.0. The second-order valence-corrected chi connectivity index (χ2v) is 6.10. The van der Waals surface area contributed by atoms with Gasteiger partial charge in [-0.2, -0.15) is 0 Å². The van der Waals surface area contributed by atoms with Crippen molar-refractivity contribution >= 4 is 28.2 Å². The van der Waals surface area contributed by atoms with Gasteiger partial charge in [0.1, 0.15) is 5.00 Å². The van der Waals surface area contributed by atoms with Gasteiger partial charge in [0.2, 0.25) is 5.91 Å². The van der Waals surface area contributed by atoms with Gasteiger partial charge in [-0.15, -0.1) is 11.3 Å². The molecule has 6 heteroatoms. The molecule has 1 fully saturated rings. The monoisotopic (exact) mass is 310 g/mol. The number of esters is 1. The zero-order valence-electron chi connectivity index (χ0n) is 12.5. The molecule has 5 nitrogen and oxygen atoms in total. The van der Waals surface area contributed by atoms with Crippen molar-refractivity contribution in [3.05, 3.63) is 16.5 Å². The number of thiophene rings is 1. The molecule has 0 bridgehead atoms. The van der Waals surface area contributed by atoms with E-state index in [1.807, 2.05) is 12.3 Å². The van der Waals surface area contributed by atoms with Crippen molar-refractivity contribution in [3.8, 4) is 0 Å². The Balaban J connectivity index is 2.22. The number of carbonyl (C=O) groups is 2. The van der Waals surface area contributed by atoms with E-state index < -0.39 is 0 Å². The lowest BCUT2D eigenvalue weighted by molar-refractivity contribution is -0.119. The first-order valence-corrected chi connectivity index (χ1v) is 8.29. The molecule has 0 saturated heterocycles. The Morgan fingerprint density at radius 3 is 2.71 bits per heavy atom. The van der Waals surface area contributed by atoms with Crippen LogP contribution in [0.4, 0.5) is 5.00 Å². The fraction of sp³-hybridized carbons (Fsp3) is 0.600. The number of hydrogen-bond donors (Lipinski definition) is 2. The van der Waals surface area contributed by atoms with Crippen molar-refractivity contribution in [1.29, 1.82) is 0 Å². The molecule has 1 unspecified atom stereocenters. The number of amides is 1. The summed E-state index contributed by atoms with van der Waals surface area (Å²) in [5.74, 6) is -0.277. The van der Waals surface area contributed by atoms with Gasteiger partial charge in [-0.25, -0.2) is 4.79 Å². The van der Waals surface area contributed by atoms with Crippen molar-refractivity contribution in [2.45, 2.75) is 39.0 Å². The highest BCUT2D eigenvalue weighted by Crippen LogP contribution is 2.46. The molecule has 1 aliphatic rings. The Morgan fingerprint density at radius 1 is 1.48 bits per heavy atom. The summed E-state index contributed by atoms with van der Waals surface area (Å²) >= 11 is 1.39. The van der Waals surface area contributed by atoms with Crippen LogP contribution in [-0.4, -0.2) is 25.0 Å². The summed E-state index contributed by atoms with van der Waals surface area (Å²) < 4.78 is 5.13. The van der Waals surface area contributed by atoms with Crippen LogP contribution in [0.1, 0.15) is 54.9 Å². The van der Waals surface area contributed by atoms with Crippen LogP contribution in [0.5, 0.6) is 0 Å². The molecule has 0 spiro atoms. The van der Waals surface area contributed by atoms with Crippen LogP contribution < -0.4 is 11.1 Å². The van der Waals surface area contributed by atoms with Crippen molar-refractivity contribution in [3.63, 3.8) is 0 Å². The van der Waals surface area contributed by atoms with E-state index in [1.165, 1.54) is 11.3 Å². The summed E-state index contributed by atoms with van der Waals surface area (Å²) in [6.45, 7) is 4.33. The summed E-state index contributed by atoms with van der Waals surface area (Å²) in [6.07, 6.45) is 2.87. The van der Waals surface area contributed by atoms with E-state index >= 15 is 0 Å². The largest absolute Gasteiger partial charge is 0.462 e. The molecule has 0 aromatic carbocycles. The number of hydrogen-bond acceptors (Lipinski definition) is 5. The van der Waals surface area contributed by atoms with Crippen molar-refractivity contribution in [2.75, 3.05) is 18.5 Å². The van der Waals surface area contributed by atoms with Gasteiger partial charge >= 0.3 is 5.97 Å². The summed E-state index contributed by atoms with van der Waals surface area (Å²) in [4.78, 5) is 24.3. The van der Waals surface area contributed by atoms with Crippen LogP contribution in [0.25, 0.3) is 0 Å². The molecule has 116 valence electrons. The molecule has 1 aliphatic carbocycles. The van der Waals surface area contributed by atoms with E-state index in [1.54, 1.807) is 6.92 Å². The Hall–Kier alpha value is -1.40. The summed E-state index contributed by atoms with van der Waals surface area (Å²) in [7, 11) is 0. The van der Waals surface area contributed by atoms with Crippen LogP contribution in [0, 0.1) is 5.92 Å². The average molecular weight is 310 g/mol. The molecule has 3 N–H and O–H groups in total. The second kappa shape index (κ2) is 7.04. The Bertz CT molecular complexity index is 519. The number of rotatable bonds is 7. The molecular weight excluding hydrogens is 288 g/mol. The zero-order chi connectivity index (χ0) is 15.4. The lowest BCUT2D eigenvalue weighted by atomic mass is 10.1. The maximum absolute atomic E-state index is 12.2. The van der Waals surface area contributed by atoms with Crippen LogP contribution in [0.15, 0.2) is 5.38 Å². The third kappa shape index (κ3) is 3.63. The Labute approximate surface area is 128 Å². The summed E-state index contributed by atoms with van der Waals surface area (Å²) in [6, 6.07) is 0. The molecule has 2 rings (SSSR count). The van der Waals surface area contributed by atoms with Crippen LogP contribution in [0.2, 0.25) is 0 Å². The SMILES string of the molecule is CCOC(=O)c1c(C2CC2)csc1NC(=O)C(CC)CN. The smallest absolute Gasteiger partial charge is 0.341 e. The lowest BCUT2D eigenvalue weighted by Gasteiger charge is -2.13. The lowest BCUT2D eigenvalue weighted by Crippen LogP contribution is -2.29. The molecule has 0 aliphatic heterocycles. The molecule has 1 aromatic heterocycles. The van der Waals surface area contributed by atoms with E-state index in [-0.39, 0.29) is 17.8 Å². The van der Waals surface area contributed by atoms with Gasteiger partial charge < -0.3 is 15.8 Å². The summed E-state index contributed by atoms with van der Waals surface area (Å²) in [5, 5.41) is 5.40. The second-order valence-electron chi connectivity index (χ2n) is 5.22. The van der Waals surface area contributed by atoms with Gasteiger partial charge in [-0.1, -0.05) is 6.92 Å². The predicted molar refractivity (Wildman–Crippen MR) is 83.7 cm³/mol. The predicted octanol–water partition coefficient (Wildman–Crippen LogP) is 2.73. The van der Waals surface area contributed by atoms with Gasteiger partial charge in [0.05, 0.1) is 18.1 Å². The molecule has 1 atom stereocenters. The average Bonchev–Trinajstić information content (AvgIpc) is 3.22. The maximum atomic E-state index is 12.2. The quantitative estimate of drug-likeness (QED) is 0.759. The van der Waals surface area contributed by atoms with Gasteiger partial charge in [-0.3, -0.25) is 4.79 Å². The highest BCUT2D eigenvalue weighted by atomic mass is 32.1. The van der Waals surface area contributed by atoms with Gasteiger partial charge in [-0.05, 0) is 43.0 Å². The third-order valence-corrected chi connectivity index (χ3v) is 4.61. The zero-order valence-corrected chi connectivity index (χ0v) is 13.3. The standard InChI is InChI=1S/C15H22N2O3S/c1-3-9(7-16)13(18)17-14-12(15(19)20-4-2)11(8-21-14)10-5-6-10/h8-10H,3-7,16H2,1-2H3,(H,17,18). The topological polar surface area (TPSA) is 81.4 Å². The minimum Gasteiger partial charge on any atom is -0.462 e. The first-order chi connectivity index (χ1) is 10.1. The number of nitrogens with one attached hydrogen (secondary N) is 1. The molecule has 1 saturated carbocycles. The van der Waals surface area contributed by atoms with Gasteiger partial charge in [0.25, 0.3) is 0 Å².